The molecule has 2 aromatic carbocycles. The van der Waals surface area contributed by atoms with Crippen molar-refractivity contribution >= 4 is 28.9 Å². The van der Waals surface area contributed by atoms with Gasteiger partial charge in [-0.15, -0.1) is 0 Å². The molecule has 112 valence electrons. The number of nitro benzene ring substituents is 1. The van der Waals surface area contributed by atoms with Crippen LogP contribution in [0.3, 0.4) is 0 Å². The van der Waals surface area contributed by atoms with Gasteiger partial charge in [0.2, 0.25) is 0 Å². The Hall–Kier alpha value is -2.40. The van der Waals surface area contributed by atoms with Crippen LogP contribution in [0.2, 0.25) is 5.02 Å². The summed E-state index contributed by atoms with van der Waals surface area (Å²) in [6, 6.07) is 11.4. The van der Waals surface area contributed by atoms with E-state index in [1.165, 1.54) is 12.1 Å². The van der Waals surface area contributed by atoms with Gasteiger partial charge >= 0.3 is 0 Å². The van der Waals surface area contributed by atoms with Crippen LogP contribution in [0.1, 0.15) is 22.3 Å². The number of nitrogens with zero attached hydrogens (tertiary/aromatic N) is 2. The predicted octanol–water partition coefficient (Wildman–Crippen LogP) is 3.84. The average molecular weight is 317 g/mol. The molecule has 5 nitrogen and oxygen atoms in total. The fourth-order valence-corrected chi connectivity index (χ4v) is 2.86. The molecule has 1 heterocycles. The molecule has 1 amide bonds. The number of carbonyl (C=O) groups excluding carboxylic acids is 1. The van der Waals surface area contributed by atoms with E-state index in [1.54, 1.807) is 35.2 Å². The molecule has 6 heteroatoms. The number of amides is 1. The van der Waals surface area contributed by atoms with Gasteiger partial charge in [0.1, 0.15) is 0 Å². The molecule has 0 atom stereocenters. The van der Waals surface area contributed by atoms with E-state index in [4.69, 9.17) is 11.6 Å². The second-order valence-corrected chi connectivity index (χ2v) is 5.58. The summed E-state index contributed by atoms with van der Waals surface area (Å²) in [6.07, 6.45) is 1.64. The number of benzene rings is 2. The molecule has 0 unspecified atom stereocenters. The normalized spacial score (nSPS) is 13.6. The minimum Gasteiger partial charge on any atom is -0.308 e. The second-order valence-electron chi connectivity index (χ2n) is 5.14. The molecule has 0 N–H and O–H groups in total. The van der Waals surface area contributed by atoms with Crippen molar-refractivity contribution in [2.45, 2.75) is 12.8 Å². The van der Waals surface area contributed by atoms with Gasteiger partial charge in [0, 0.05) is 29.3 Å². The van der Waals surface area contributed by atoms with Crippen LogP contribution in [-0.4, -0.2) is 17.4 Å². The molecule has 1 aliphatic heterocycles. The Kier molecular flexibility index (Phi) is 3.81. The summed E-state index contributed by atoms with van der Waals surface area (Å²) in [5.74, 6) is -0.191. The van der Waals surface area contributed by atoms with E-state index in [0.717, 1.165) is 18.4 Å². The highest BCUT2D eigenvalue weighted by Crippen LogP contribution is 2.32. The van der Waals surface area contributed by atoms with Gasteiger partial charge in [-0.3, -0.25) is 14.9 Å². The monoisotopic (exact) mass is 316 g/mol. The topological polar surface area (TPSA) is 63.5 Å². The summed E-state index contributed by atoms with van der Waals surface area (Å²) in [4.78, 5) is 24.8. The van der Waals surface area contributed by atoms with Gasteiger partial charge in [-0.2, -0.15) is 0 Å². The van der Waals surface area contributed by atoms with Crippen LogP contribution in [0.25, 0.3) is 0 Å². The maximum absolute atomic E-state index is 12.7. The average Bonchev–Trinajstić information content (AvgIpc) is 2.53. The molecular formula is C16H13ClN2O3. The number of hydrogen-bond donors (Lipinski definition) is 0. The van der Waals surface area contributed by atoms with E-state index >= 15 is 0 Å². The van der Waals surface area contributed by atoms with E-state index < -0.39 is 4.92 Å². The number of halogens is 1. The van der Waals surface area contributed by atoms with Crippen molar-refractivity contribution < 1.29 is 9.72 Å². The van der Waals surface area contributed by atoms with Crippen molar-refractivity contribution in [2.24, 2.45) is 0 Å². The molecule has 0 bridgehead atoms. The van der Waals surface area contributed by atoms with Crippen molar-refractivity contribution in [3.63, 3.8) is 0 Å². The van der Waals surface area contributed by atoms with Gasteiger partial charge in [0.05, 0.1) is 10.6 Å². The lowest BCUT2D eigenvalue weighted by molar-refractivity contribution is -0.384. The molecule has 0 saturated heterocycles. The Morgan fingerprint density at radius 1 is 1.23 bits per heavy atom. The van der Waals surface area contributed by atoms with Gasteiger partial charge in [0.25, 0.3) is 11.6 Å². The van der Waals surface area contributed by atoms with E-state index in [-0.39, 0.29) is 11.6 Å². The lowest BCUT2D eigenvalue weighted by Crippen LogP contribution is -2.35. The first-order valence-corrected chi connectivity index (χ1v) is 7.29. The van der Waals surface area contributed by atoms with Crippen molar-refractivity contribution in [3.05, 3.63) is 68.7 Å². The lowest BCUT2D eigenvalue weighted by atomic mass is 10.00. The number of hydrogen-bond acceptors (Lipinski definition) is 3. The van der Waals surface area contributed by atoms with Gasteiger partial charge in [0.15, 0.2) is 0 Å². The van der Waals surface area contributed by atoms with Crippen molar-refractivity contribution in [1.29, 1.82) is 0 Å². The van der Waals surface area contributed by atoms with Crippen LogP contribution in [0, 0.1) is 10.1 Å². The zero-order chi connectivity index (χ0) is 15.7. The number of fused-ring (bicyclic) bond motifs is 1. The van der Waals surface area contributed by atoms with Gasteiger partial charge in [-0.05, 0) is 36.6 Å². The number of nitro groups is 1. The Morgan fingerprint density at radius 2 is 2.05 bits per heavy atom. The highest BCUT2D eigenvalue weighted by molar-refractivity contribution is 6.31. The number of rotatable bonds is 2. The fraction of sp³-hybridized carbons (Fsp3) is 0.188. The number of anilines is 1. The van der Waals surface area contributed by atoms with Crippen molar-refractivity contribution in [1.82, 2.24) is 0 Å². The molecular weight excluding hydrogens is 304 g/mol. The predicted molar refractivity (Wildman–Crippen MR) is 84.5 cm³/mol. The van der Waals surface area contributed by atoms with Gasteiger partial charge < -0.3 is 4.90 Å². The van der Waals surface area contributed by atoms with Crippen LogP contribution in [0.4, 0.5) is 11.4 Å². The molecule has 0 saturated carbocycles. The minimum atomic E-state index is -0.447. The summed E-state index contributed by atoms with van der Waals surface area (Å²) in [5, 5.41) is 11.5. The first-order valence-electron chi connectivity index (χ1n) is 6.91. The summed E-state index contributed by atoms with van der Waals surface area (Å²) in [5.41, 5.74) is 2.04. The first kappa shape index (κ1) is 14.5. The van der Waals surface area contributed by atoms with E-state index in [9.17, 15) is 14.9 Å². The zero-order valence-corrected chi connectivity index (χ0v) is 12.4. The summed E-state index contributed by atoms with van der Waals surface area (Å²) >= 11 is 5.93. The molecule has 3 rings (SSSR count). The van der Waals surface area contributed by atoms with Crippen LogP contribution in [0.15, 0.2) is 42.5 Å². The number of carbonyl (C=O) groups is 1. The summed E-state index contributed by atoms with van der Waals surface area (Å²) < 4.78 is 0. The highest BCUT2D eigenvalue weighted by atomic mass is 35.5. The maximum atomic E-state index is 12.7. The minimum absolute atomic E-state index is 0.00968. The van der Waals surface area contributed by atoms with Crippen molar-refractivity contribution in [3.8, 4) is 0 Å². The smallest absolute Gasteiger partial charge is 0.271 e. The molecule has 0 radical (unpaired) electrons. The molecule has 0 spiro atoms. The highest BCUT2D eigenvalue weighted by Gasteiger charge is 2.25. The van der Waals surface area contributed by atoms with Crippen molar-refractivity contribution in [2.75, 3.05) is 11.4 Å². The molecule has 0 aliphatic carbocycles. The van der Waals surface area contributed by atoms with Crippen LogP contribution < -0.4 is 4.90 Å². The standard InChI is InChI=1S/C16H13ClN2O3/c17-13-5-1-3-12(9-13)16(20)18-8-2-4-11-6-7-14(19(21)22)10-15(11)18/h1,3,5-7,9-10H,2,4,8H2. The number of aryl methyl sites for hydroxylation is 1. The molecule has 0 fully saturated rings. The fourth-order valence-electron chi connectivity index (χ4n) is 2.66. The van der Waals surface area contributed by atoms with Gasteiger partial charge in [-0.1, -0.05) is 23.7 Å². The largest absolute Gasteiger partial charge is 0.308 e. The van der Waals surface area contributed by atoms with Crippen LogP contribution in [0.5, 0.6) is 0 Å². The van der Waals surface area contributed by atoms with Crippen LogP contribution >= 0.6 is 11.6 Å². The summed E-state index contributed by atoms with van der Waals surface area (Å²) in [6.45, 7) is 0.541. The Labute approximate surface area is 132 Å². The summed E-state index contributed by atoms with van der Waals surface area (Å²) in [7, 11) is 0. The second kappa shape index (κ2) is 5.77. The third-order valence-corrected chi connectivity index (χ3v) is 3.95. The molecule has 2 aromatic rings. The van der Waals surface area contributed by atoms with E-state index in [1.807, 2.05) is 0 Å². The Morgan fingerprint density at radius 3 is 2.77 bits per heavy atom. The molecule has 0 aromatic heterocycles. The molecule has 22 heavy (non-hydrogen) atoms. The first-order chi connectivity index (χ1) is 10.6. The van der Waals surface area contributed by atoms with Gasteiger partial charge in [-0.25, -0.2) is 0 Å². The third kappa shape index (κ3) is 2.67. The Bertz CT molecular complexity index is 761. The molecule has 1 aliphatic rings. The van der Waals surface area contributed by atoms with E-state index in [0.29, 0.717) is 22.8 Å². The zero-order valence-electron chi connectivity index (χ0n) is 11.7. The SMILES string of the molecule is O=C(c1cccc(Cl)c1)N1CCCc2ccc([N+](=O)[O-])cc21. The van der Waals surface area contributed by atoms with Crippen LogP contribution in [-0.2, 0) is 6.42 Å². The van der Waals surface area contributed by atoms with E-state index in [2.05, 4.69) is 0 Å². The lowest BCUT2D eigenvalue weighted by Gasteiger charge is -2.29. The Balaban J connectivity index is 2.02. The maximum Gasteiger partial charge on any atom is 0.271 e. The third-order valence-electron chi connectivity index (χ3n) is 3.72. The number of non-ortho nitro benzene ring substituents is 1. The quantitative estimate of drug-likeness (QED) is 0.624.